The molecule has 1 aliphatic rings. The first kappa shape index (κ1) is 9.71. The minimum atomic E-state index is -0.470. The van der Waals surface area contributed by atoms with Gasteiger partial charge >= 0.3 is 0 Å². The summed E-state index contributed by atoms with van der Waals surface area (Å²) in [7, 11) is 0. The fourth-order valence-corrected chi connectivity index (χ4v) is 1.69. The Balaban J connectivity index is 2.35. The lowest BCUT2D eigenvalue weighted by atomic mass is 10.0. The Morgan fingerprint density at radius 3 is 3.13 bits per heavy atom. The van der Waals surface area contributed by atoms with E-state index in [1.54, 1.807) is 0 Å². The molecule has 0 saturated carbocycles. The molecular weight excluding hydrogens is 194 g/mol. The first-order valence-corrected chi connectivity index (χ1v) is 4.84. The summed E-state index contributed by atoms with van der Waals surface area (Å²) in [4.78, 5) is 9.75. The Kier molecular flexibility index (Phi) is 2.67. The highest BCUT2D eigenvalue weighted by Gasteiger charge is 2.12. The third kappa shape index (κ3) is 2.15. The normalized spacial score (nSPS) is 14.7. The Hall–Kier alpha value is -1.84. The molecule has 0 N–H and O–H groups in total. The monoisotopic (exact) mass is 205 g/mol. The lowest BCUT2D eigenvalue weighted by Crippen LogP contribution is -2.09. The average Bonchev–Trinajstić information content (AvgIpc) is 2.26. The van der Waals surface area contributed by atoms with Crippen LogP contribution in [0, 0.1) is 10.1 Å². The van der Waals surface area contributed by atoms with Gasteiger partial charge in [0.25, 0.3) is 0 Å². The van der Waals surface area contributed by atoms with E-state index in [-0.39, 0.29) is 0 Å². The fourth-order valence-electron chi connectivity index (χ4n) is 1.69. The molecule has 0 amide bonds. The van der Waals surface area contributed by atoms with E-state index in [4.69, 9.17) is 4.74 Å². The number of hydrogen-bond acceptors (Lipinski definition) is 3. The van der Waals surface area contributed by atoms with Crippen LogP contribution in [0.1, 0.15) is 17.5 Å². The van der Waals surface area contributed by atoms with E-state index in [1.165, 1.54) is 6.08 Å². The largest absolute Gasteiger partial charge is 0.493 e. The number of para-hydroxylation sites is 1. The molecule has 4 nitrogen and oxygen atoms in total. The Labute approximate surface area is 87.3 Å². The van der Waals surface area contributed by atoms with Crippen LogP contribution in [0.3, 0.4) is 0 Å². The van der Waals surface area contributed by atoms with Crippen LogP contribution in [-0.4, -0.2) is 11.5 Å². The summed E-state index contributed by atoms with van der Waals surface area (Å²) in [5.74, 6) is 0.793. The van der Waals surface area contributed by atoms with Gasteiger partial charge in [-0.15, -0.1) is 0 Å². The van der Waals surface area contributed by atoms with Crippen LogP contribution >= 0.6 is 0 Å². The summed E-state index contributed by atoms with van der Waals surface area (Å²) in [6.07, 6.45) is 4.41. The molecule has 4 heteroatoms. The van der Waals surface area contributed by atoms with Crippen molar-refractivity contribution in [3.63, 3.8) is 0 Å². The van der Waals surface area contributed by atoms with Crippen LogP contribution in [0.4, 0.5) is 0 Å². The van der Waals surface area contributed by atoms with E-state index in [0.29, 0.717) is 6.61 Å². The van der Waals surface area contributed by atoms with E-state index in [1.807, 2.05) is 18.2 Å². The van der Waals surface area contributed by atoms with Crippen molar-refractivity contribution >= 4 is 6.08 Å². The van der Waals surface area contributed by atoms with E-state index < -0.39 is 4.92 Å². The van der Waals surface area contributed by atoms with Crippen LogP contribution in [0.5, 0.6) is 5.75 Å². The number of nitro groups is 1. The van der Waals surface area contributed by atoms with E-state index in [0.717, 1.165) is 35.9 Å². The number of nitrogens with zero attached hydrogens (tertiary/aromatic N) is 1. The van der Waals surface area contributed by atoms with E-state index in [2.05, 4.69) is 0 Å². The summed E-state index contributed by atoms with van der Waals surface area (Å²) in [6, 6.07) is 5.72. The Morgan fingerprint density at radius 1 is 1.47 bits per heavy atom. The average molecular weight is 205 g/mol. The van der Waals surface area contributed by atoms with Gasteiger partial charge in [0.15, 0.2) is 0 Å². The molecule has 0 aliphatic carbocycles. The van der Waals surface area contributed by atoms with Crippen molar-refractivity contribution in [2.24, 2.45) is 0 Å². The van der Waals surface area contributed by atoms with Gasteiger partial charge in [-0.1, -0.05) is 18.2 Å². The van der Waals surface area contributed by atoms with Crippen molar-refractivity contribution in [3.8, 4) is 5.75 Å². The zero-order valence-corrected chi connectivity index (χ0v) is 8.18. The van der Waals surface area contributed by atoms with Gasteiger partial charge in [0, 0.05) is 11.6 Å². The Morgan fingerprint density at radius 2 is 2.33 bits per heavy atom. The van der Waals surface area contributed by atoms with Crippen molar-refractivity contribution in [2.75, 3.05) is 6.61 Å². The summed E-state index contributed by atoms with van der Waals surface area (Å²) >= 11 is 0. The molecule has 15 heavy (non-hydrogen) atoms. The molecule has 0 spiro atoms. The van der Waals surface area contributed by atoms with Gasteiger partial charge in [-0.3, -0.25) is 10.1 Å². The molecule has 1 aromatic carbocycles. The molecule has 0 unspecified atom stereocenters. The highest BCUT2D eigenvalue weighted by molar-refractivity contribution is 5.59. The van der Waals surface area contributed by atoms with Crippen LogP contribution in [0.25, 0.3) is 6.08 Å². The summed E-state index contributed by atoms with van der Waals surface area (Å²) in [6.45, 7) is 0.691. The quantitative estimate of drug-likeness (QED) is 0.549. The van der Waals surface area contributed by atoms with Crippen molar-refractivity contribution in [1.29, 1.82) is 0 Å². The van der Waals surface area contributed by atoms with Gasteiger partial charge in [0.2, 0.25) is 6.20 Å². The molecule has 78 valence electrons. The minimum absolute atomic E-state index is 0.470. The van der Waals surface area contributed by atoms with Gasteiger partial charge in [0.1, 0.15) is 5.75 Å². The zero-order valence-electron chi connectivity index (χ0n) is 8.18. The lowest BCUT2D eigenvalue weighted by Gasteiger charge is -2.18. The number of hydrogen-bond donors (Lipinski definition) is 0. The molecule has 1 heterocycles. The van der Waals surface area contributed by atoms with Crippen LogP contribution < -0.4 is 4.74 Å². The molecule has 0 aromatic heterocycles. The predicted molar refractivity (Wildman–Crippen MR) is 56.3 cm³/mol. The number of benzene rings is 1. The van der Waals surface area contributed by atoms with Crippen molar-refractivity contribution in [3.05, 3.63) is 45.6 Å². The second-order valence-electron chi connectivity index (χ2n) is 3.39. The number of aryl methyl sites for hydroxylation is 1. The topological polar surface area (TPSA) is 52.4 Å². The molecule has 0 radical (unpaired) electrons. The van der Waals surface area contributed by atoms with E-state index >= 15 is 0 Å². The minimum Gasteiger partial charge on any atom is -0.493 e. The molecule has 0 saturated heterocycles. The lowest BCUT2D eigenvalue weighted by molar-refractivity contribution is -0.400. The highest BCUT2D eigenvalue weighted by atomic mass is 16.6. The first-order valence-electron chi connectivity index (χ1n) is 4.84. The number of fused-ring (bicyclic) bond motifs is 1. The maximum Gasteiger partial charge on any atom is 0.235 e. The fraction of sp³-hybridized carbons (Fsp3) is 0.273. The highest BCUT2D eigenvalue weighted by Crippen LogP contribution is 2.29. The van der Waals surface area contributed by atoms with Crippen molar-refractivity contribution in [1.82, 2.24) is 0 Å². The molecular formula is C11H11NO3. The molecule has 0 atom stereocenters. The summed E-state index contributed by atoms with van der Waals surface area (Å²) in [5, 5.41) is 10.2. The predicted octanol–water partition coefficient (Wildman–Crippen LogP) is 2.26. The molecule has 1 aromatic rings. The smallest absolute Gasteiger partial charge is 0.235 e. The van der Waals surface area contributed by atoms with E-state index in [9.17, 15) is 10.1 Å². The third-order valence-corrected chi connectivity index (χ3v) is 2.34. The van der Waals surface area contributed by atoms with Crippen LogP contribution in [0.15, 0.2) is 24.4 Å². The van der Waals surface area contributed by atoms with Gasteiger partial charge in [-0.05, 0) is 18.4 Å². The maximum absolute atomic E-state index is 10.2. The van der Waals surface area contributed by atoms with Gasteiger partial charge in [-0.2, -0.15) is 0 Å². The first-order chi connectivity index (χ1) is 7.27. The van der Waals surface area contributed by atoms with Gasteiger partial charge < -0.3 is 4.74 Å². The third-order valence-electron chi connectivity index (χ3n) is 2.34. The SMILES string of the molecule is O=[N+]([O-])/C=C/c1cccc2c1OCCC2. The van der Waals surface area contributed by atoms with Crippen LogP contribution in [-0.2, 0) is 6.42 Å². The second-order valence-corrected chi connectivity index (χ2v) is 3.39. The number of rotatable bonds is 2. The summed E-state index contributed by atoms with van der Waals surface area (Å²) < 4.78 is 5.51. The Bertz CT molecular complexity index is 412. The van der Waals surface area contributed by atoms with Crippen molar-refractivity contribution in [2.45, 2.75) is 12.8 Å². The second kappa shape index (κ2) is 4.13. The molecule has 2 rings (SSSR count). The maximum atomic E-state index is 10.2. The summed E-state index contributed by atoms with van der Waals surface area (Å²) in [5.41, 5.74) is 1.91. The number of ether oxygens (including phenoxy) is 1. The standard InChI is InChI=1S/C11H11NO3/c13-12(14)7-6-10-4-1-3-9-5-2-8-15-11(9)10/h1,3-4,6-7H,2,5,8H2/b7-6+. The molecule has 0 bridgehead atoms. The molecule has 0 fully saturated rings. The van der Waals surface area contributed by atoms with Gasteiger partial charge in [-0.25, -0.2) is 0 Å². The van der Waals surface area contributed by atoms with Gasteiger partial charge in [0.05, 0.1) is 11.5 Å². The van der Waals surface area contributed by atoms with Crippen LogP contribution in [0.2, 0.25) is 0 Å². The van der Waals surface area contributed by atoms with Crippen molar-refractivity contribution < 1.29 is 9.66 Å². The molecule has 1 aliphatic heterocycles. The zero-order chi connectivity index (χ0) is 10.7.